The van der Waals surface area contributed by atoms with Crippen LogP contribution >= 0.6 is 0 Å². The smallest absolute Gasteiger partial charge is 0.265 e. The lowest BCUT2D eigenvalue weighted by Gasteiger charge is -2.12. The van der Waals surface area contributed by atoms with Crippen molar-refractivity contribution in [3.8, 4) is 23.0 Å². The second-order valence-electron chi connectivity index (χ2n) is 6.35. The van der Waals surface area contributed by atoms with Crippen molar-refractivity contribution in [1.82, 2.24) is 0 Å². The molecule has 3 aromatic carbocycles. The van der Waals surface area contributed by atoms with Crippen LogP contribution < -0.4 is 18.9 Å². The van der Waals surface area contributed by atoms with Crippen molar-refractivity contribution in [2.24, 2.45) is 4.99 Å². The molecule has 8 nitrogen and oxygen atoms in total. The summed E-state index contributed by atoms with van der Waals surface area (Å²) in [6.07, 6.45) is 1.42. The van der Waals surface area contributed by atoms with E-state index in [9.17, 15) is 13.5 Å². The molecule has 0 aliphatic heterocycles. The number of nitrogens with zero attached hydrogens (tertiary/aromatic N) is 1. The minimum absolute atomic E-state index is 0.0204. The number of anilines is 1. The first-order valence-electron chi connectivity index (χ1n) is 9.12. The molecular weight excluding hydrogens is 420 g/mol. The standard InChI is InChI=1S/C22H22N2O6S/c1-28-18-7-4-16(5-8-18)24-31(26,27)22-13-17(6-11-21(22)30-3)23-14-15-12-19(29-2)9-10-20(15)25/h4-14,24-25H,1-3H3. The average molecular weight is 442 g/mol. The van der Waals surface area contributed by atoms with E-state index >= 15 is 0 Å². The van der Waals surface area contributed by atoms with Gasteiger partial charge in [-0.2, -0.15) is 0 Å². The van der Waals surface area contributed by atoms with E-state index in [-0.39, 0.29) is 16.4 Å². The van der Waals surface area contributed by atoms with Crippen LogP contribution in [0.25, 0.3) is 0 Å². The van der Waals surface area contributed by atoms with Crippen LogP contribution in [0.5, 0.6) is 23.0 Å². The highest BCUT2D eigenvalue weighted by Crippen LogP contribution is 2.31. The number of ether oxygens (including phenoxy) is 3. The summed E-state index contributed by atoms with van der Waals surface area (Å²) in [6.45, 7) is 0. The summed E-state index contributed by atoms with van der Waals surface area (Å²) in [5, 5.41) is 9.99. The van der Waals surface area contributed by atoms with Crippen molar-refractivity contribution in [3.63, 3.8) is 0 Å². The van der Waals surface area contributed by atoms with Crippen LogP contribution in [0.3, 0.4) is 0 Å². The van der Waals surface area contributed by atoms with Gasteiger partial charge in [-0.05, 0) is 60.7 Å². The number of benzene rings is 3. The van der Waals surface area contributed by atoms with Gasteiger partial charge in [-0.3, -0.25) is 9.71 Å². The molecule has 0 aliphatic carbocycles. The Morgan fingerprint density at radius 3 is 2.19 bits per heavy atom. The lowest BCUT2D eigenvalue weighted by atomic mass is 10.2. The van der Waals surface area contributed by atoms with Crippen LogP contribution in [0.15, 0.2) is 70.6 Å². The molecule has 0 radical (unpaired) electrons. The number of aromatic hydroxyl groups is 1. The largest absolute Gasteiger partial charge is 0.507 e. The summed E-state index contributed by atoms with van der Waals surface area (Å²) in [5.74, 6) is 1.36. The fourth-order valence-electron chi connectivity index (χ4n) is 2.73. The van der Waals surface area contributed by atoms with E-state index in [0.29, 0.717) is 28.4 Å². The van der Waals surface area contributed by atoms with Crippen molar-refractivity contribution in [1.29, 1.82) is 0 Å². The predicted octanol–water partition coefficient (Wildman–Crippen LogP) is 3.97. The number of hydrogen-bond acceptors (Lipinski definition) is 7. The van der Waals surface area contributed by atoms with Crippen molar-refractivity contribution < 1.29 is 27.7 Å². The van der Waals surface area contributed by atoms with Gasteiger partial charge < -0.3 is 19.3 Å². The van der Waals surface area contributed by atoms with Gasteiger partial charge in [-0.25, -0.2) is 8.42 Å². The number of rotatable bonds is 8. The normalized spacial score (nSPS) is 11.3. The highest BCUT2D eigenvalue weighted by atomic mass is 32.2. The maximum atomic E-state index is 13.0. The third kappa shape index (κ3) is 5.26. The number of phenols is 1. The fourth-order valence-corrected chi connectivity index (χ4v) is 3.98. The number of phenolic OH excluding ortho intramolecular Hbond substituents is 1. The van der Waals surface area contributed by atoms with Crippen LogP contribution in [-0.2, 0) is 10.0 Å². The third-order valence-corrected chi connectivity index (χ3v) is 5.77. The number of sulfonamides is 1. The summed E-state index contributed by atoms with van der Waals surface area (Å²) in [5.41, 5.74) is 1.16. The van der Waals surface area contributed by atoms with Gasteiger partial charge in [0.05, 0.1) is 27.0 Å². The molecule has 0 saturated carbocycles. The molecule has 0 atom stereocenters. The van der Waals surface area contributed by atoms with E-state index in [1.165, 1.54) is 45.7 Å². The molecule has 3 aromatic rings. The lowest BCUT2D eigenvalue weighted by molar-refractivity contribution is 0.403. The molecule has 3 rings (SSSR count). The second kappa shape index (κ2) is 9.40. The van der Waals surface area contributed by atoms with Crippen LogP contribution in [0, 0.1) is 0 Å². The Hall–Kier alpha value is -3.72. The Bertz CT molecular complexity index is 1190. The Balaban J connectivity index is 1.92. The number of nitrogens with one attached hydrogen (secondary N) is 1. The predicted molar refractivity (Wildman–Crippen MR) is 119 cm³/mol. The van der Waals surface area contributed by atoms with Crippen molar-refractivity contribution in [2.75, 3.05) is 26.1 Å². The molecule has 9 heteroatoms. The Labute approximate surface area is 180 Å². The molecule has 0 heterocycles. The first-order valence-corrected chi connectivity index (χ1v) is 10.6. The van der Waals surface area contributed by atoms with E-state index in [4.69, 9.17) is 14.2 Å². The molecule has 0 aromatic heterocycles. The van der Waals surface area contributed by atoms with Crippen molar-refractivity contribution in [2.45, 2.75) is 4.90 Å². The Morgan fingerprint density at radius 1 is 0.871 bits per heavy atom. The minimum atomic E-state index is -3.96. The number of aliphatic imine (C=N–C) groups is 1. The molecule has 31 heavy (non-hydrogen) atoms. The van der Waals surface area contributed by atoms with Gasteiger partial charge in [-0.1, -0.05) is 0 Å². The van der Waals surface area contributed by atoms with Gasteiger partial charge in [0.25, 0.3) is 10.0 Å². The maximum absolute atomic E-state index is 13.0. The summed E-state index contributed by atoms with van der Waals surface area (Å²) in [4.78, 5) is 4.21. The van der Waals surface area contributed by atoms with Crippen LogP contribution in [0.2, 0.25) is 0 Å². The molecule has 0 saturated heterocycles. The minimum Gasteiger partial charge on any atom is -0.507 e. The molecule has 2 N–H and O–H groups in total. The van der Waals surface area contributed by atoms with Crippen molar-refractivity contribution >= 4 is 27.6 Å². The highest BCUT2D eigenvalue weighted by molar-refractivity contribution is 7.92. The summed E-state index contributed by atoms with van der Waals surface area (Å²) >= 11 is 0. The van der Waals surface area contributed by atoms with Gasteiger partial charge in [0, 0.05) is 17.5 Å². The molecule has 0 bridgehead atoms. The molecular formula is C22H22N2O6S. The van der Waals surface area contributed by atoms with Crippen LogP contribution in [0.1, 0.15) is 5.56 Å². The van der Waals surface area contributed by atoms with E-state index in [1.807, 2.05) is 0 Å². The van der Waals surface area contributed by atoms with Gasteiger partial charge in [0.2, 0.25) is 0 Å². The van der Waals surface area contributed by atoms with Crippen molar-refractivity contribution in [3.05, 3.63) is 66.2 Å². The summed E-state index contributed by atoms with van der Waals surface area (Å²) < 4.78 is 43.9. The van der Waals surface area contributed by atoms with E-state index in [0.717, 1.165) is 0 Å². The topological polar surface area (TPSA) is 106 Å². The molecule has 0 spiro atoms. The maximum Gasteiger partial charge on any atom is 0.265 e. The second-order valence-corrected chi connectivity index (χ2v) is 8.00. The average Bonchev–Trinajstić information content (AvgIpc) is 2.78. The monoisotopic (exact) mass is 442 g/mol. The zero-order chi connectivity index (χ0) is 22.4. The fraction of sp³-hybridized carbons (Fsp3) is 0.136. The first kappa shape index (κ1) is 22.0. The van der Waals surface area contributed by atoms with Gasteiger partial charge in [-0.15, -0.1) is 0 Å². The van der Waals surface area contributed by atoms with E-state index in [2.05, 4.69) is 9.71 Å². The van der Waals surface area contributed by atoms with Gasteiger partial charge in [0.15, 0.2) is 0 Å². The lowest BCUT2D eigenvalue weighted by Crippen LogP contribution is -2.14. The first-order chi connectivity index (χ1) is 14.9. The van der Waals surface area contributed by atoms with E-state index < -0.39 is 10.0 Å². The molecule has 0 amide bonds. The summed E-state index contributed by atoms with van der Waals surface area (Å²) in [6, 6.07) is 15.7. The quantitative estimate of drug-likeness (QED) is 0.511. The number of hydrogen-bond donors (Lipinski definition) is 2. The Kier molecular flexibility index (Phi) is 6.66. The molecule has 0 unspecified atom stereocenters. The third-order valence-electron chi connectivity index (χ3n) is 4.37. The zero-order valence-corrected chi connectivity index (χ0v) is 18.0. The van der Waals surface area contributed by atoms with Gasteiger partial charge >= 0.3 is 0 Å². The number of methoxy groups -OCH3 is 3. The van der Waals surface area contributed by atoms with E-state index in [1.54, 1.807) is 42.5 Å². The van der Waals surface area contributed by atoms with Crippen LogP contribution in [-0.4, -0.2) is 41.1 Å². The Morgan fingerprint density at radius 2 is 1.55 bits per heavy atom. The zero-order valence-electron chi connectivity index (χ0n) is 17.2. The van der Waals surface area contributed by atoms with Gasteiger partial charge in [0.1, 0.15) is 27.9 Å². The highest BCUT2D eigenvalue weighted by Gasteiger charge is 2.20. The summed E-state index contributed by atoms with van der Waals surface area (Å²) in [7, 11) is 0.476. The van der Waals surface area contributed by atoms with Crippen LogP contribution in [0.4, 0.5) is 11.4 Å². The SMILES string of the molecule is COc1ccc(NS(=O)(=O)c2cc(N=Cc3cc(OC)ccc3O)ccc2OC)cc1. The molecule has 0 aliphatic rings. The molecule has 0 fully saturated rings. The molecule has 162 valence electrons.